The second-order valence-electron chi connectivity index (χ2n) is 7.16. The number of rotatable bonds is 4. The van der Waals surface area contributed by atoms with Gasteiger partial charge in [0, 0.05) is 36.4 Å². The van der Waals surface area contributed by atoms with E-state index in [1.54, 1.807) is 0 Å². The third-order valence-corrected chi connectivity index (χ3v) is 5.71. The van der Waals surface area contributed by atoms with Crippen LogP contribution in [0.5, 0.6) is 0 Å². The largest absolute Gasteiger partial charge is 0.367 e. The molecular weight excluding hydrogens is 330 g/mol. The summed E-state index contributed by atoms with van der Waals surface area (Å²) < 4.78 is 0. The van der Waals surface area contributed by atoms with Gasteiger partial charge < -0.3 is 9.80 Å². The van der Waals surface area contributed by atoms with Gasteiger partial charge in [0.1, 0.15) is 0 Å². The molecule has 4 rings (SSSR count). The van der Waals surface area contributed by atoms with Crippen LogP contribution in [-0.2, 0) is 0 Å². The lowest BCUT2D eigenvalue weighted by Gasteiger charge is -2.41. The molecule has 1 fully saturated rings. The van der Waals surface area contributed by atoms with Gasteiger partial charge in [-0.3, -0.25) is 4.90 Å². The Labute approximate surface area is 155 Å². The van der Waals surface area contributed by atoms with Gasteiger partial charge in [0.2, 0.25) is 0 Å². The summed E-state index contributed by atoms with van der Waals surface area (Å²) in [6.07, 6.45) is 2.70. The zero-order valence-electron chi connectivity index (χ0n) is 14.9. The normalized spacial score (nSPS) is 19.1. The topological polar surface area (TPSA) is 9.72 Å². The number of hydrogen-bond donors (Lipinski definition) is 0. The van der Waals surface area contributed by atoms with E-state index in [4.69, 9.17) is 11.6 Å². The summed E-state index contributed by atoms with van der Waals surface area (Å²) in [5, 5.41) is 0.792. The van der Waals surface area contributed by atoms with Crippen molar-refractivity contribution in [3.8, 4) is 0 Å². The maximum atomic E-state index is 6.22. The van der Waals surface area contributed by atoms with E-state index in [1.807, 2.05) is 12.1 Å². The van der Waals surface area contributed by atoms with Crippen LogP contribution < -0.4 is 9.80 Å². The van der Waals surface area contributed by atoms with Crippen molar-refractivity contribution in [3.63, 3.8) is 0 Å². The van der Waals surface area contributed by atoms with Crippen molar-refractivity contribution in [3.05, 3.63) is 53.6 Å². The highest BCUT2D eigenvalue weighted by Gasteiger charge is 2.26. The number of anilines is 3. The Kier molecular flexibility index (Phi) is 4.87. The monoisotopic (exact) mass is 355 g/mol. The summed E-state index contributed by atoms with van der Waals surface area (Å²) in [5.41, 5.74) is 3.79. The average molecular weight is 356 g/mol. The molecule has 0 N–H and O–H groups in total. The first-order valence-corrected chi connectivity index (χ1v) is 9.71. The van der Waals surface area contributed by atoms with E-state index in [0.29, 0.717) is 6.04 Å². The van der Waals surface area contributed by atoms with Crippen LogP contribution in [0.2, 0.25) is 5.02 Å². The zero-order valence-corrected chi connectivity index (χ0v) is 15.6. The fourth-order valence-corrected chi connectivity index (χ4v) is 4.32. The summed E-state index contributed by atoms with van der Waals surface area (Å²) in [7, 11) is 0. The fraction of sp³-hybridized carbons (Fsp3) is 0.429. The van der Waals surface area contributed by atoms with Gasteiger partial charge in [-0.15, -0.1) is 0 Å². The molecule has 0 radical (unpaired) electrons. The Morgan fingerprint density at radius 1 is 0.920 bits per heavy atom. The summed E-state index contributed by atoms with van der Waals surface area (Å²) in [4.78, 5) is 7.57. The second kappa shape index (κ2) is 7.27. The van der Waals surface area contributed by atoms with Crippen LogP contribution in [0.4, 0.5) is 17.1 Å². The lowest BCUT2D eigenvalue weighted by atomic mass is 10.1. The molecular formula is C21H26ClN3. The number of para-hydroxylation sites is 2. The first kappa shape index (κ1) is 16.7. The number of benzene rings is 2. The van der Waals surface area contributed by atoms with E-state index in [-0.39, 0.29) is 0 Å². The summed E-state index contributed by atoms with van der Waals surface area (Å²) in [5.74, 6) is 0. The molecule has 1 unspecified atom stereocenters. The van der Waals surface area contributed by atoms with E-state index < -0.39 is 0 Å². The number of nitrogens with zero attached hydrogens (tertiary/aromatic N) is 3. The molecule has 1 atom stereocenters. The van der Waals surface area contributed by atoms with Gasteiger partial charge in [0.25, 0.3) is 0 Å². The summed E-state index contributed by atoms with van der Waals surface area (Å²) in [6.45, 7) is 8.01. The molecule has 0 aliphatic carbocycles. The van der Waals surface area contributed by atoms with Gasteiger partial charge in [0.15, 0.2) is 0 Å². The lowest BCUT2D eigenvalue weighted by Crippen LogP contribution is -2.46. The quantitative estimate of drug-likeness (QED) is 0.781. The van der Waals surface area contributed by atoms with E-state index in [2.05, 4.69) is 58.0 Å². The Bertz CT molecular complexity index is 727. The van der Waals surface area contributed by atoms with Crippen molar-refractivity contribution in [2.75, 3.05) is 42.5 Å². The molecule has 25 heavy (non-hydrogen) atoms. The fourth-order valence-electron chi connectivity index (χ4n) is 4.14. The SMILES string of the molecule is CC(CN1CCN(c2cccc(Cl)c2)c2ccccc21)N1CCCC1. The summed E-state index contributed by atoms with van der Waals surface area (Å²) >= 11 is 6.22. The van der Waals surface area contributed by atoms with Crippen LogP contribution in [0.3, 0.4) is 0 Å². The minimum atomic E-state index is 0.605. The summed E-state index contributed by atoms with van der Waals surface area (Å²) in [6, 6.07) is 17.5. The van der Waals surface area contributed by atoms with E-state index in [0.717, 1.165) is 24.7 Å². The van der Waals surface area contributed by atoms with Crippen molar-refractivity contribution in [2.24, 2.45) is 0 Å². The number of fused-ring (bicyclic) bond motifs is 1. The molecule has 3 nitrogen and oxygen atoms in total. The Balaban J connectivity index is 1.58. The first-order valence-electron chi connectivity index (χ1n) is 9.33. The molecule has 0 bridgehead atoms. The van der Waals surface area contributed by atoms with Gasteiger partial charge in [-0.2, -0.15) is 0 Å². The molecule has 2 aliphatic rings. The molecule has 1 saturated heterocycles. The van der Waals surface area contributed by atoms with Crippen molar-refractivity contribution < 1.29 is 0 Å². The minimum absolute atomic E-state index is 0.605. The third-order valence-electron chi connectivity index (χ3n) is 5.48. The maximum absolute atomic E-state index is 6.22. The highest BCUT2D eigenvalue weighted by molar-refractivity contribution is 6.30. The van der Waals surface area contributed by atoms with Crippen LogP contribution in [0.1, 0.15) is 19.8 Å². The second-order valence-corrected chi connectivity index (χ2v) is 7.59. The van der Waals surface area contributed by atoms with Crippen LogP contribution >= 0.6 is 11.6 Å². The van der Waals surface area contributed by atoms with Gasteiger partial charge >= 0.3 is 0 Å². The average Bonchev–Trinajstić information content (AvgIpc) is 3.17. The number of hydrogen-bond acceptors (Lipinski definition) is 3. The molecule has 2 aromatic carbocycles. The predicted octanol–water partition coefficient (Wildman–Crippen LogP) is 4.78. The number of halogens is 1. The third kappa shape index (κ3) is 3.49. The molecule has 0 amide bonds. The highest BCUT2D eigenvalue weighted by atomic mass is 35.5. The Morgan fingerprint density at radius 3 is 2.44 bits per heavy atom. The molecule has 132 valence electrons. The molecule has 0 aromatic heterocycles. The van der Waals surface area contributed by atoms with Crippen molar-refractivity contribution in [1.29, 1.82) is 0 Å². The Hall–Kier alpha value is -1.71. The van der Waals surface area contributed by atoms with E-state index >= 15 is 0 Å². The molecule has 0 spiro atoms. The standard InChI is InChI=1S/C21H26ClN3/c1-17(23-11-4-5-12-23)16-24-13-14-25(19-8-6-7-18(22)15-19)21-10-3-2-9-20(21)24/h2-3,6-10,15,17H,4-5,11-14,16H2,1H3. The molecule has 0 saturated carbocycles. The van der Waals surface area contributed by atoms with Gasteiger partial charge in [-0.25, -0.2) is 0 Å². The lowest BCUT2D eigenvalue weighted by molar-refractivity contribution is 0.260. The van der Waals surface area contributed by atoms with E-state index in [1.165, 1.54) is 43.0 Å². The smallest absolute Gasteiger partial charge is 0.0649 e. The van der Waals surface area contributed by atoms with Gasteiger partial charge in [-0.1, -0.05) is 29.8 Å². The van der Waals surface area contributed by atoms with E-state index in [9.17, 15) is 0 Å². The highest BCUT2D eigenvalue weighted by Crippen LogP contribution is 2.38. The van der Waals surface area contributed by atoms with Crippen LogP contribution in [0.15, 0.2) is 48.5 Å². The minimum Gasteiger partial charge on any atom is -0.367 e. The van der Waals surface area contributed by atoms with Gasteiger partial charge in [0.05, 0.1) is 11.4 Å². The molecule has 4 heteroatoms. The van der Waals surface area contributed by atoms with Crippen molar-refractivity contribution in [2.45, 2.75) is 25.8 Å². The van der Waals surface area contributed by atoms with Crippen LogP contribution in [0.25, 0.3) is 0 Å². The molecule has 2 aliphatic heterocycles. The predicted molar refractivity (Wildman–Crippen MR) is 107 cm³/mol. The van der Waals surface area contributed by atoms with Crippen molar-refractivity contribution >= 4 is 28.7 Å². The van der Waals surface area contributed by atoms with Crippen LogP contribution in [0, 0.1) is 0 Å². The van der Waals surface area contributed by atoms with Crippen molar-refractivity contribution in [1.82, 2.24) is 4.90 Å². The molecule has 2 heterocycles. The van der Waals surface area contributed by atoms with Crippen LogP contribution in [-0.4, -0.2) is 43.7 Å². The first-order chi connectivity index (χ1) is 12.2. The maximum Gasteiger partial charge on any atom is 0.0649 e. The molecule has 2 aromatic rings. The zero-order chi connectivity index (χ0) is 17.2. The van der Waals surface area contributed by atoms with Gasteiger partial charge in [-0.05, 0) is 63.2 Å². The number of likely N-dealkylation sites (tertiary alicyclic amines) is 1. The Morgan fingerprint density at radius 2 is 1.68 bits per heavy atom.